The van der Waals surface area contributed by atoms with Crippen LogP contribution in [-0.2, 0) is 4.79 Å². The van der Waals surface area contributed by atoms with Crippen LogP contribution in [0, 0.1) is 0 Å². The number of piperidine rings is 1. The van der Waals surface area contributed by atoms with E-state index in [1.54, 1.807) is 26.2 Å². The van der Waals surface area contributed by atoms with Crippen LogP contribution in [0.4, 0.5) is 0 Å². The van der Waals surface area contributed by atoms with Crippen molar-refractivity contribution in [1.29, 1.82) is 0 Å². The minimum Gasteiger partial charge on any atom is -0.493 e. The van der Waals surface area contributed by atoms with E-state index in [0.717, 1.165) is 32.1 Å². The van der Waals surface area contributed by atoms with Crippen LogP contribution >= 0.6 is 0 Å². The van der Waals surface area contributed by atoms with Gasteiger partial charge in [-0.05, 0) is 24.6 Å². The molecule has 0 N–H and O–H groups in total. The fraction of sp³-hybridized carbons (Fsp3) is 0.565. The highest BCUT2D eigenvalue weighted by atomic mass is 16.5. The molecule has 0 aliphatic carbocycles. The van der Waals surface area contributed by atoms with Gasteiger partial charge in [-0.3, -0.25) is 9.59 Å². The Bertz CT molecular complexity index is 753. The van der Waals surface area contributed by atoms with E-state index in [4.69, 9.17) is 9.47 Å². The van der Waals surface area contributed by atoms with Gasteiger partial charge in [0.1, 0.15) is 6.10 Å². The van der Waals surface area contributed by atoms with Crippen molar-refractivity contribution < 1.29 is 19.1 Å². The smallest absolute Gasteiger partial charge is 0.254 e. The van der Waals surface area contributed by atoms with Gasteiger partial charge in [-0.15, -0.1) is 0 Å². The van der Waals surface area contributed by atoms with Gasteiger partial charge in [0.05, 0.1) is 13.2 Å². The number of carbonyl (C=O) groups is 2. The molecule has 0 saturated carbocycles. The molecule has 158 valence electrons. The Balaban J connectivity index is 1.70. The van der Waals surface area contributed by atoms with Gasteiger partial charge < -0.3 is 19.3 Å². The molecule has 6 heteroatoms. The fourth-order valence-corrected chi connectivity index (χ4v) is 4.01. The maximum atomic E-state index is 13.1. The Kier molecular flexibility index (Phi) is 7.18. The van der Waals surface area contributed by atoms with Crippen LogP contribution in [0.25, 0.3) is 0 Å². The number of likely N-dealkylation sites (tertiary alicyclic amines) is 1. The Hall–Kier alpha value is -2.50. The summed E-state index contributed by atoms with van der Waals surface area (Å²) in [7, 11) is 1.60. The van der Waals surface area contributed by atoms with Crippen molar-refractivity contribution in [2.24, 2.45) is 0 Å². The molecule has 1 fully saturated rings. The monoisotopic (exact) mass is 400 g/mol. The number of ether oxygens (including phenoxy) is 2. The molecule has 29 heavy (non-hydrogen) atoms. The molecule has 0 bridgehead atoms. The van der Waals surface area contributed by atoms with E-state index >= 15 is 0 Å². The molecule has 6 nitrogen and oxygen atoms in total. The zero-order valence-electron chi connectivity index (χ0n) is 17.7. The number of rotatable bonds is 7. The molecule has 2 aliphatic heterocycles. The first-order valence-electron chi connectivity index (χ1n) is 10.6. The molecule has 2 amide bonds. The third kappa shape index (κ3) is 5.11. The van der Waals surface area contributed by atoms with Gasteiger partial charge in [-0.2, -0.15) is 0 Å². The standard InChI is InChI=1S/C23H32N2O4/c1-4-5-7-19-8-6-13-25(19)23(27)18-9-10-21(28-3)22(16-18)29-20-11-14-24(15-12-20)17(2)26/h6,8-10,16,19-20H,4-5,7,11-15H2,1-3H3/t19-/m1/s1. The summed E-state index contributed by atoms with van der Waals surface area (Å²) in [4.78, 5) is 28.4. The number of nitrogens with zero attached hydrogens (tertiary/aromatic N) is 2. The maximum Gasteiger partial charge on any atom is 0.254 e. The first kappa shape index (κ1) is 21.2. The molecule has 3 rings (SSSR count). The van der Waals surface area contributed by atoms with Crippen LogP contribution in [0.3, 0.4) is 0 Å². The third-order valence-electron chi connectivity index (χ3n) is 5.77. The predicted octanol–water partition coefficient (Wildman–Crippen LogP) is 3.66. The average Bonchev–Trinajstić information content (AvgIpc) is 3.20. The molecule has 1 aromatic rings. The van der Waals surface area contributed by atoms with Crippen LogP contribution < -0.4 is 9.47 Å². The van der Waals surface area contributed by atoms with E-state index in [-0.39, 0.29) is 24.0 Å². The van der Waals surface area contributed by atoms with Crippen LogP contribution in [0.2, 0.25) is 0 Å². The normalized spacial score (nSPS) is 19.5. The second kappa shape index (κ2) is 9.81. The maximum absolute atomic E-state index is 13.1. The first-order chi connectivity index (χ1) is 14.0. The number of benzene rings is 1. The van der Waals surface area contributed by atoms with E-state index in [2.05, 4.69) is 19.1 Å². The summed E-state index contributed by atoms with van der Waals surface area (Å²) in [6.45, 7) is 5.80. The molecule has 1 atom stereocenters. The van der Waals surface area contributed by atoms with Crippen LogP contribution in [0.15, 0.2) is 30.4 Å². The van der Waals surface area contributed by atoms with Gasteiger partial charge in [-0.25, -0.2) is 0 Å². The molecule has 0 spiro atoms. The summed E-state index contributed by atoms with van der Waals surface area (Å²) in [5.74, 6) is 1.34. The number of carbonyl (C=O) groups excluding carboxylic acids is 2. The van der Waals surface area contributed by atoms with Crippen LogP contribution in [0.1, 0.15) is 56.3 Å². The first-order valence-corrected chi connectivity index (χ1v) is 10.6. The van der Waals surface area contributed by atoms with Crippen molar-refractivity contribution in [2.75, 3.05) is 26.7 Å². The van der Waals surface area contributed by atoms with Gasteiger partial charge in [0, 0.05) is 45.0 Å². The SMILES string of the molecule is CCCC[C@@H]1C=CCN1C(=O)c1ccc(OC)c(OC2CCN(C(C)=O)CC2)c1. The highest BCUT2D eigenvalue weighted by molar-refractivity contribution is 5.95. The lowest BCUT2D eigenvalue weighted by Gasteiger charge is -2.32. The van der Waals surface area contributed by atoms with Crippen molar-refractivity contribution in [2.45, 2.75) is 58.1 Å². The molecule has 2 aliphatic rings. The van der Waals surface area contributed by atoms with E-state index < -0.39 is 0 Å². The van der Waals surface area contributed by atoms with Crippen LogP contribution in [-0.4, -0.2) is 60.5 Å². The van der Waals surface area contributed by atoms with Gasteiger partial charge in [0.25, 0.3) is 5.91 Å². The summed E-state index contributed by atoms with van der Waals surface area (Å²) in [6.07, 6.45) is 8.98. The lowest BCUT2D eigenvalue weighted by atomic mass is 10.1. The number of methoxy groups -OCH3 is 1. The topological polar surface area (TPSA) is 59.1 Å². The lowest BCUT2D eigenvalue weighted by Crippen LogP contribution is -2.40. The fourth-order valence-electron chi connectivity index (χ4n) is 4.01. The number of amides is 2. The van der Waals surface area contributed by atoms with Crippen molar-refractivity contribution in [1.82, 2.24) is 9.80 Å². The minimum atomic E-state index is 0.00982. The average molecular weight is 401 g/mol. The summed E-state index contributed by atoms with van der Waals surface area (Å²) in [6, 6.07) is 5.58. The summed E-state index contributed by atoms with van der Waals surface area (Å²) < 4.78 is 11.7. The molecule has 0 radical (unpaired) electrons. The predicted molar refractivity (Wildman–Crippen MR) is 112 cm³/mol. The molecular weight excluding hydrogens is 368 g/mol. The number of hydrogen-bond acceptors (Lipinski definition) is 4. The van der Waals surface area contributed by atoms with Crippen molar-refractivity contribution >= 4 is 11.8 Å². The zero-order valence-corrected chi connectivity index (χ0v) is 17.7. The van der Waals surface area contributed by atoms with Crippen molar-refractivity contribution in [3.8, 4) is 11.5 Å². The van der Waals surface area contributed by atoms with Gasteiger partial charge in [0.15, 0.2) is 11.5 Å². The Morgan fingerprint density at radius 1 is 1.17 bits per heavy atom. The molecule has 1 saturated heterocycles. The summed E-state index contributed by atoms with van der Waals surface area (Å²) in [5.41, 5.74) is 0.618. The van der Waals surface area contributed by atoms with Gasteiger partial charge >= 0.3 is 0 Å². The highest BCUT2D eigenvalue weighted by Crippen LogP contribution is 2.32. The second-order valence-electron chi connectivity index (χ2n) is 7.78. The Morgan fingerprint density at radius 2 is 1.93 bits per heavy atom. The summed E-state index contributed by atoms with van der Waals surface area (Å²) >= 11 is 0. The van der Waals surface area contributed by atoms with E-state index in [1.165, 1.54) is 0 Å². The Labute approximate surface area is 173 Å². The quantitative estimate of drug-likeness (QED) is 0.656. The van der Waals surface area contributed by atoms with E-state index in [0.29, 0.717) is 36.7 Å². The van der Waals surface area contributed by atoms with E-state index in [1.807, 2.05) is 15.9 Å². The third-order valence-corrected chi connectivity index (χ3v) is 5.77. The molecular formula is C23H32N2O4. The highest BCUT2D eigenvalue weighted by Gasteiger charge is 2.27. The van der Waals surface area contributed by atoms with Crippen molar-refractivity contribution in [3.63, 3.8) is 0 Å². The summed E-state index contributed by atoms with van der Waals surface area (Å²) in [5, 5.41) is 0. The Morgan fingerprint density at radius 3 is 2.59 bits per heavy atom. The molecule has 1 aromatic carbocycles. The van der Waals surface area contributed by atoms with E-state index in [9.17, 15) is 9.59 Å². The molecule has 2 heterocycles. The largest absolute Gasteiger partial charge is 0.493 e. The van der Waals surface area contributed by atoms with Crippen LogP contribution in [0.5, 0.6) is 11.5 Å². The molecule has 0 aromatic heterocycles. The van der Waals surface area contributed by atoms with Crippen molar-refractivity contribution in [3.05, 3.63) is 35.9 Å². The minimum absolute atomic E-state index is 0.00982. The second-order valence-corrected chi connectivity index (χ2v) is 7.78. The zero-order chi connectivity index (χ0) is 20.8. The molecule has 0 unspecified atom stereocenters. The number of hydrogen-bond donors (Lipinski definition) is 0. The lowest BCUT2D eigenvalue weighted by molar-refractivity contribution is -0.130. The number of unbranched alkanes of at least 4 members (excludes halogenated alkanes) is 1. The van der Waals surface area contributed by atoms with Gasteiger partial charge in [-0.1, -0.05) is 31.9 Å². The van der Waals surface area contributed by atoms with Gasteiger partial charge in [0.2, 0.25) is 5.91 Å².